The summed E-state index contributed by atoms with van der Waals surface area (Å²) in [6.07, 6.45) is 17.9. The maximum Gasteiger partial charge on any atom is 0.228 e. The number of hydrogen-bond donors (Lipinski definition) is 1. The first-order valence-corrected chi connectivity index (χ1v) is 18.6. The van der Waals surface area contributed by atoms with Crippen LogP contribution in [0.2, 0.25) is 0 Å². The zero-order valence-electron chi connectivity index (χ0n) is 33.2. The van der Waals surface area contributed by atoms with E-state index in [1.54, 1.807) is 18.1 Å². The van der Waals surface area contributed by atoms with E-state index >= 15 is 0 Å². The molecule has 55 heavy (non-hydrogen) atoms. The highest BCUT2D eigenvalue weighted by molar-refractivity contribution is 5.88. The average molecular weight is 762 g/mol. The number of aliphatic hydroxyl groups excluding tert-OH is 1. The number of terminal acetylenes is 1. The first kappa shape index (κ1) is 44.3. The van der Waals surface area contributed by atoms with Gasteiger partial charge in [-0.15, -0.1) is 12.8 Å². The molecule has 3 aromatic rings. The molecule has 11 nitrogen and oxygen atoms in total. The van der Waals surface area contributed by atoms with Gasteiger partial charge in [-0.1, -0.05) is 26.3 Å². The molecule has 0 radical (unpaired) electrons. The Morgan fingerprint density at radius 3 is 2.35 bits per heavy atom. The lowest BCUT2D eigenvalue weighted by molar-refractivity contribution is -0.123. The molecule has 1 N–H and O–H groups in total. The van der Waals surface area contributed by atoms with Crippen LogP contribution in [0.4, 0.5) is 14.5 Å². The summed E-state index contributed by atoms with van der Waals surface area (Å²) in [6, 6.07) is 11.7. The van der Waals surface area contributed by atoms with Gasteiger partial charge in [-0.3, -0.25) is 14.7 Å². The van der Waals surface area contributed by atoms with E-state index in [0.717, 1.165) is 61.5 Å². The predicted octanol–water partition coefficient (Wildman–Crippen LogP) is 6.67. The van der Waals surface area contributed by atoms with Crippen LogP contribution < -0.4 is 9.64 Å². The van der Waals surface area contributed by atoms with Crippen LogP contribution in [-0.2, 0) is 21.7 Å². The van der Waals surface area contributed by atoms with Crippen LogP contribution in [0.5, 0.6) is 5.75 Å². The quantitative estimate of drug-likeness (QED) is 0.0892. The molecule has 2 aromatic carbocycles. The summed E-state index contributed by atoms with van der Waals surface area (Å²) in [5.74, 6) is -0.149. The molecule has 298 valence electrons. The van der Waals surface area contributed by atoms with Gasteiger partial charge in [-0.2, -0.15) is 5.10 Å². The van der Waals surface area contributed by atoms with E-state index in [1.165, 1.54) is 36.6 Å². The number of amides is 1. The molecule has 5 rings (SSSR count). The number of aliphatic hydroxyl groups is 1. The average Bonchev–Trinajstić information content (AvgIpc) is 3.86. The third kappa shape index (κ3) is 12.8. The largest absolute Gasteiger partial charge is 0.493 e. The summed E-state index contributed by atoms with van der Waals surface area (Å²) >= 11 is 0. The zero-order valence-corrected chi connectivity index (χ0v) is 33.2. The van der Waals surface area contributed by atoms with Crippen molar-refractivity contribution in [3.63, 3.8) is 0 Å². The van der Waals surface area contributed by atoms with Crippen molar-refractivity contribution in [2.24, 2.45) is 16.8 Å². The lowest BCUT2D eigenvalue weighted by Crippen LogP contribution is -2.45. The normalized spacial score (nSPS) is 19.9. The smallest absolute Gasteiger partial charge is 0.228 e. The van der Waals surface area contributed by atoms with Crippen LogP contribution in [0.3, 0.4) is 0 Å². The molecule has 2 saturated heterocycles. The van der Waals surface area contributed by atoms with E-state index in [9.17, 15) is 13.6 Å². The van der Waals surface area contributed by atoms with Gasteiger partial charge in [0.15, 0.2) is 0 Å². The number of hydrogen-bond acceptors (Lipinski definition) is 9. The molecule has 13 heteroatoms. The fourth-order valence-electron chi connectivity index (χ4n) is 6.38. The van der Waals surface area contributed by atoms with Crippen LogP contribution in [-0.4, -0.2) is 94.5 Å². The molecule has 2 fully saturated rings. The Bertz CT molecular complexity index is 1740. The third-order valence-electron chi connectivity index (χ3n) is 9.97. The second kappa shape index (κ2) is 21.7. The number of carbonyl (C=O) groups excluding carboxylic acids is 1. The SMILES string of the molecule is C#C.CC[C@H](C)[C@H](C)O.CN=CN(C(C)=O)/C(C)=C/C=C(\C)N1CCN(c2ccc(OC[C@@H]3CO[C@@](Cn4cncn4)(c4ccc(F)cc4F)C3)cc2)CC1. The lowest BCUT2D eigenvalue weighted by Gasteiger charge is -2.37. The minimum absolute atomic E-state index is 0.000894. The van der Waals surface area contributed by atoms with Crippen LogP contribution in [0, 0.1) is 36.3 Å². The fourth-order valence-corrected chi connectivity index (χ4v) is 6.38. The second-order valence-corrected chi connectivity index (χ2v) is 13.9. The van der Waals surface area contributed by atoms with E-state index in [0.29, 0.717) is 31.1 Å². The third-order valence-corrected chi connectivity index (χ3v) is 9.97. The van der Waals surface area contributed by atoms with Gasteiger partial charge in [0, 0.05) is 74.8 Å². The Morgan fingerprint density at radius 2 is 1.80 bits per heavy atom. The van der Waals surface area contributed by atoms with Gasteiger partial charge in [0.2, 0.25) is 5.91 Å². The number of piperazine rings is 1. The van der Waals surface area contributed by atoms with Crippen molar-refractivity contribution in [1.82, 2.24) is 24.6 Å². The summed E-state index contributed by atoms with van der Waals surface area (Å²) in [5, 5.41) is 13.0. The standard InChI is InChI=1S/C34H41F2N7O3.C6H14O.C2H2/c1-25(5-6-26(2)43(23-37-4)27(3)44)40-13-15-41(16-14-40)30-8-10-31(11-9-30)45-19-28-18-34(46-20-28,21-42-24-38-22-39-42)32-12-7-29(35)17-33(32)36;1-4-5(2)6(3)7;1-2/h5-12,17,22-24,28H,13-16,18-21H2,1-4H3;5-7H,4H2,1-3H3;1-2H/b25-5+,26-6+,37-23?;;/t28-,34+;5-,6-;/m10./s1. The van der Waals surface area contributed by atoms with Gasteiger partial charge in [0.25, 0.3) is 0 Å². The van der Waals surface area contributed by atoms with Crippen molar-refractivity contribution < 1.29 is 28.2 Å². The maximum atomic E-state index is 14.9. The number of ether oxygens (including phenoxy) is 2. The van der Waals surface area contributed by atoms with Crippen LogP contribution >= 0.6 is 0 Å². The van der Waals surface area contributed by atoms with Gasteiger partial charge < -0.3 is 24.4 Å². The van der Waals surface area contributed by atoms with Gasteiger partial charge in [-0.25, -0.2) is 18.4 Å². The van der Waals surface area contributed by atoms with Crippen molar-refractivity contribution in [2.75, 3.05) is 51.3 Å². The van der Waals surface area contributed by atoms with Gasteiger partial charge in [0.1, 0.15) is 35.6 Å². The van der Waals surface area contributed by atoms with Crippen molar-refractivity contribution in [3.8, 4) is 18.6 Å². The highest BCUT2D eigenvalue weighted by Crippen LogP contribution is 2.42. The summed E-state index contributed by atoms with van der Waals surface area (Å²) < 4.78 is 42.6. The monoisotopic (exact) mass is 761 g/mol. The molecule has 0 aliphatic carbocycles. The molecule has 0 unspecified atom stereocenters. The Labute approximate surface area is 325 Å². The Morgan fingerprint density at radius 1 is 1.11 bits per heavy atom. The number of aliphatic imine (C=N–C) groups is 1. The molecule has 1 amide bonds. The number of allylic oxidation sites excluding steroid dienone is 4. The Kier molecular flexibility index (Phi) is 17.5. The highest BCUT2D eigenvalue weighted by atomic mass is 19.1. The number of rotatable bonds is 13. The highest BCUT2D eigenvalue weighted by Gasteiger charge is 2.44. The first-order chi connectivity index (χ1) is 26.3. The van der Waals surface area contributed by atoms with Gasteiger partial charge in [-0.05, 0) is 75.6 Å². The molecular formula is C42H57F2N7O4. The van der Waals surface area contributed by atoms with Crippen LogP contribution in [0.1, 0.15) is 59.9 Å². The number of anilines is 1. The topological polar surface area (TPSA) is 109 Å². The van der Waals surface area contributed by atoms with Crippen molar-refractivity contribution in [2.45, 2.75) is 72.6 Å². The predicted molar refractivity (Wildman–Crippen MR) is 213 cm³/mol. The van der Waals surface area contributed by atoms with Crippen LogP contribution in [0.25, 0.3) is 0 Å². The minimum atomic E-state index is -1.01. The molecule has 0 bridgehead atoms. The van der Waals surface area contributed by atoms with Crippen molar-refractivity contribution >= 4 is 17.9 Å². The van der Waals surface area contributed by atoms with E-state index in [-0.39, 0.29) is 24.5 Å². The lowest BCUT2D eigenvalue weighted by atomic mass is 9.87. The van der Waals surface area contributed by atoms with E-state index in [4.69, 9.17) is 14.6 Å². The maximum absolute atomic E-state index is 14.9. The van der Waals surface area contributed by atoms with Crippen LogP contribution in [0.15, 0.2) is 83.7 Å². The van der Waals surface area contributed by atoms with E-state index in [2.05, 4.69) is 63.7 Å². The second-order valence-electron chi connectivity index (χ2n) is 13.9. The van der Waals surface area contributed by atoms with E-state index < -0.39 is 17.2 Å². The zero-order chi connectivity index (χ0) is 40.5. The first-order valence-electron chi connectivity index (χ1n) is 18.6. The summed E-state index contributed by atoms with van der Waals surface area (Å²) in [4.78, 5) is 26.0. The molecule has 1 aromatic heterocycles. The molecular weight excluding hydrogens is 705 g/mol. The van der Waals surface area contributed by atoms with E-state index in [1.807, 2.05) is 45.1 Å². The van der Waals surface area contributed by atoms with Crippen molar-refractivity contribution in [1.29, 1.82) is 0 Å². The summed E-state index contributed by atoms with van der Waals surface area (Å²) in [5.41, 5.74) is 2.38. The van der Waals surface area contributed by atoms with Crippen molar-refractivity contribution in [3.05, 3.63) is 95.9 Å². The van der Waals surface area contributed by atoms with Gasteiger partial charge in [0.05, 0.1) is 32.2 Å². The Hall–Kier alpha value is -5.06. The number of aromatic nitrogens is 3. The molecule has 0 spiro atoms. The number of halogens is 2. The molecule has 3 heterocycles. The summed E-state index contributed by atoms with van der Waals surface area (Å²) in [7, 11) is 1.64. The molecule has 4 atom stereocenters. The minimum Gasteiger partial charge on any atom is -0.493 e. The molecule has 2 aliphatic rings. The summed E-state index contributed by atoms with van der Waals surface area (Å²) in [6.45, 7) is 16.0. The Balaban J connectivity index is 0.000000812. The molecule has 2 aliphatic heterocycles. The number of benzene rings is 2. The number of nitrogens with zero attached hydrogens (tertiary/aromatic N) is 7. The molecule has 0 saturated carbocycles. The fraction of sp³-hybridized carbons (Fsp3) is 0.476. The number of carbonyl (C=O) groups is 1. The van der Waals surface area contributed by atoms with Gasteiger partial charge >= 0.3 is 0 Å².